The van der Waals surface area contributed by atoms with Gasteiger partial charge in [0.15, 0.2) is 4.60 Å². The van der Waals surface area contributed by atoms with Gasteiger partial charge < -0.3 is 0 Å². The summed E-state index contributed by atoms with van der Waals surface area (Å²) in [5.74, 6) is 0.691. The van der Waals surface area contributed by atoms with Crippen molar-refractivity contribution in [2.24, 2.45) is 13.0 Å². The highest BCUT2D eigenvalue weighted by atomic mass is 79.9. The van der Waals surface area contributed by atoms with E-state index in [1.54, 1.807) is 7.05 Å². The first kappa shape index (κ1) is 14.0. The fourth-order valence-electron chi connectivity index (χ4n) is 2.26. The SMILES string of the molecule is CC1CCC(NS(=O)(=O)c2c(Br)nnn2C)CC1. The second kappa shape index (κ2) is 5.26. The largest absolute Gasteiger partial charge is 0.260 e. The van der Waals surface area contributed by atoms with Crippen molar-refractivity contribution < 1.29 is 8.42 Å². The standard InChI is InChI=1S/C10H17BrN4O2S/c1-7-3-5-8(6-4-7)13-18(16,17)10-9(11)12-14-15(10)2/h7-8,13H,3-6H2,1-2H3. The molecule has 102 valence electrons. The lowest BCUT2D eigenvalue weighted by Crippen LogP contribution is -2.38. The van der Waals surface area contributed by atoms with E-state index in [9.17, 15) is 8.42 Å². The molecule has 0 aliphatic heterocycles. The Kier molecular flexibility index (Phi) is 4.08. The van der Waals surface area contributed by atoms with Crippen LogP contribution in [-0.4, -0.2) is 29.5 Å². The van der Waals surface area contributed by atoms with Crippen molar-refractivity contribution in [1.29, 1.82) is 0 Å². The van der Waals surface area contributed by atoms with Crippen LogP contribution in [0.25, 0.3) is 0 Å². The molecule has 1 heterocycles. The lowest BCUT2D eigenvalue weighted by atomic mass is 9.88. The number of halogens is 1. The Labute approximate surface area is 115 Å². The molecule has 18 heavy (non-hydrogen) atoms. The topological polar surface area (TPSA) is 76.9 Å². The fourth-order valence-corrected chi connectivity index (χ4v) is 4.66. The summed E-state index contributed by atoms with van der Waals surface area (Å²) in [6, 6.07) is 0.0213. The zero-order valence-corrected chi connectivity index (χ0v) is 12.8. The third-order valence-electron chi connectivity index (χ3n) is 3.33. The van der Waals surface area contributed by atoms with Crippen molar-refractivity contribution in [3.05, 3.63) is 4.60 Å². The van der Waals surface area contributed by atoms with Gasteiger partial charge in [-0.3, -0.25) is 0 Å². The highest BCUT2D eigenvalue weighted by Gasteiger charge is 2.28. The van der Waals surface area contributed by atoms with Gasteiger partial charge in [0.1, 0.15) is 0 Å². The van der Waals surface area contributed by atoms with Gasteiger partial charge in [-0.05, 0) is 47.5 Å². The monoisotopic (exact) mass is 336 g/mol. The van der Waals surface area contributed by atoms with Crippen LogP contribution in [0.2, 0.25) is 0 Å². The van der Waals surface area contributed by atoms with E-state index in [0.717, 1.165) is 25.7 Å². The third kappa shape index (κ3) is 2.92. The minimum Gasteiger partial charge on any atom is -0.235 e. The van der Waals surface area contributed by atoms with E-state index >= 15 is 0 Å². The lowest BCUT2D eigenvalue weighted by Gasteiger charge is -2.26. The molecule has 0 atom stereocenters. The van der Waals surface area contributed by atoms with Gasteiger partial charge in [-0.25, -0.2) is 17.8 Å². The number of hydrogen-bond donors (Lipinski definition) is 1. The van der Waals surface area contributed by atoms with Crippen molar-refractivity contribution in [3.8, 4) is 0 Å². The molecule has 1 aliphatic carbocycles. The minimum atomic E-state index is -3.55. The molecular formula is C10H17BrN4O2S. The van der Waals surface area contributed by atoms with E-state index in [4.69, 9.17) is 0 Å². The van der Waals surface area contributed by atoms with Crippen LogP contribution in [0.15, 0.2) is 9.63 Å². The smallest absolute Gasteiger partial charge is 0.235 e. The molecule has 2 rings (SSSR count). The summed E-state index contributed by atoms with van der Waals surface area (Å²) in [5.41, 5.74) is 0. The zero-order chi connectivity index (χ0) is 13.3. The van der Waals surface area contributed by atoms with Crippen LogP contribution in [-0.2, 0) is 17.1 Å². The van der Waals surface area contributed by atoms with Gasteiger partial charge in [0, 0.05) is 13.1 Å². The average Bonchev–Trinajstić information content (AvgIpc) is 2.62. The second-order valence-electron chi connectivity index (χ2n) is 4.89. The molecule has 1 fully saturated rings. The van der Waals surface area contributed by atoms with E-state index in [0.29, 0.717) is 5.92 Å². The molecule has 0 bridgehead atoms. The second-order valence-corrected chi connectivity index (χ2v) is 7.27. The minimum absolute atomic E-state index is 0.0213. The van der Waals surface area contributed by atoms with E-state index in [1.807, 2.05) is 0 Å². The summed E-state index contributed by atoms with van der Waals surface area (Å²) in [5, 5.41) is 7.47. The molecule has 0 amide bonds. The lowest BCUT2D eigenvalue weighted by molar-refractivity contribution is 0.331. The van der Waals surface area contributed by atoms with Gasteiger partial charge in [0.25, 0.3) is 10.0 Å². The maximum absolute atomic E-state index is 12.2. The van der Waals surface area contributed by atoms with Crippen LogP contribution in [0.5, 0.6) is 0 Å². The Balaban J connectivity index is 2.13. The number of nitrogens with zero attached hydrogens (tertiary/aromatic N) is 3. The molecule has 1 aromatic heterocycles. The molecule has 1 saturated carbocycles. The quantitative estimate of drug-likeness (QED) is 0.905. The van der Waals surface area contributed by atoms with Crippen molar-refractivity contribution in [2.75, 3.05) is 0 Å². The molecule has 0 saturated heterocycles. The molecule has 0 radical (unpaired) electrons. The molecule has 1 aliphatic rings. The van der Waals surface area contributed by atoms with Gasteiger partial charge in [0.05, 0.1) is 0 Å². The summed E-state index contributed by atoms with van der Waals surface area (Å²) in [4.78, 5) is 0. The summed E-state index contributed by atoms with van der Waals surface area (Å²) in [7, 11) is -1.99. The van der Waals surface area contributed by atoms with Gasteiger partial charge in [0.2, 0.25) is 5.03 Å². The molecule has 1 aromatic rings. The van der Waals surface area contributed by atoms with Crippen LogP contribution < -0.4 is 4.72 Å². The summed E-state index contributed by atoms with van der Waals surface area (Å²) in [6.45, 7) is 2.20. The van der Waals surface area contributed by atoms with Crippen molar-refractivity contribution in [3.63, 3.8) is 0 Å². The van der Waals surface area contributed by atoms with E-state index in [-0.39, 0.29) is 15.7 Å². The summed E-state index contributed by atoms with van der Waals surface area (Å²) >= 11 is 3.11. The maximum atomic E-state index is 12.2. The number of rotatable bonds is 3. The predicted molar refractivity (Wildman–Crippen MR) is 70.4 cm³/mol. The Morgan fingerprint density at radius 2 is 1.94 bits per heavy atom. The highest BCUT2D eigenvalue weighted by Crippen LogP contribution is 2.25. The summed E-state index contributed by atoms with van der Waals surface area (Å²) < 4.78 is 28.7. The molecule has 6 nitrogen and oxygen atoms in total. The Hall–Kier alpha value is -0.470. The first-order valence-electron chi connectivity index (χ1n) is 5.97. The zero-order valence-electron chi connectivity index (χ0n) is 10.4. The van der Waals surface area contributed by atoms with E-state index < -0.39 is 10.0 Å². The van der Waals surface area contributed by atoms with Crippen LogP contribution in [0.3, 0.4) is 0 Å². The molecular weight excluding hydrogens is 320 g/mol. The van der Waals surface area contributed by atoms with Crippen LogP contribution in [0.4, 0.5) is 0 Å². The van der Waals surface area contributed by atoms with Gasteiger partial charge in [-0.2, -0.15) is 0 Å². The first-order valence-corrected chi connectivity index (χ1v) is 8.25. The first-order chi connectivity index (χ1) is 8.40. The normalized spacial score (nSPS) is 25.3. The van der Waals surface area contributed by atoms with Crippen LogP contribution in [0.1, 0.15) is 32.6 Å². The van der Waals surface area contributed by atoms with Gasteiger partial charge in [-0.1, -0.05) is 12.1 Å². The number of nitrogens with one attached hydrogen (secondary N) is 1. The Morgan fingerprint density at radius 1 is 1.33 bits per heavy atom. The highest BCUT2D eigenvalue weighted by molar-refractivity contribution is 9.10. The van der Waals surface area contributed by atoms with Crippen LogP contribution in [0, 0.1) is 5.92 Å². The van der Waals surface area contributed by atoms with Crippen molar-refractivity contribution in [2.45, 2.75) is 43.7 Å². The van der Waals surface area contributed by atoms with E-state index in [1.165, 1.54) is 4.68 Å². The number of sulfonamides is 1. The molecule has 0 unspecified atom stereocenters. The average molecular weight is 337 g/mol. The predicted octanol–water partition coefficient (Wildman–Crippen LogP) is 1.43. The molecule has 8 heteroatoms. The van der Waals surface area contributed by atoms with Crippen LogP contribution >= 0.6 is 15.9 Å². The van der Waals surface area contributed by atoms with Gasteiger partial charge >= 0.3 is 0 Å². The molecule has 1 N–H and O–H groups in total. The summed E-state index contributed by atoms with van der Waals surface area (Å²) in [6.07, 6.45) is 3.92. The Bertz CT molecular complexity index is 500. The Morgan fingerprint density at radius 3 is 2.44 bits per heavy atom. The fraction of sp³-hybridized carbons (Fsp3) is 0.800. The number of hydrogen-bond acceptors (Lipinski definition) is 4. The molecule has 0 aromatic carbocycles. The third-order valence-corrected chi connectivity index (χ3v) is 5.74. The molecule has 0 spiro atoms. The van der Waals surface area contributed by atoms with Gasteiger partial charge in [-0.15, -0.1) is 5.10 Å². The van der Waals surface area contributed by atoms with Crippen molar-refractivity contribution in [1.82, 2.24) is 19.7 Å². The number of aromatic nitrogens is 3. The van der Waals surface area contributed by atoms with Crippen molar-refractivity contribution >= 4 is 26.0 Å². The number of aryl methyl sites for hydroxylation is 1. The maximum Gasteiger partial charge on any atom is 0.260 e. The van der Waals surface area contributed by atoms with E-state index in [2.05, 4.69) is 37.9 Å².